The summed E-state index contributed by atoms with van der Waals surface area (Å²) in [7, 11) is 0. The summed E-state index contributed by atoms with van der Waals surface area (Å²) in [6.07, 6.45) is 16.5. The average molecular weight is 707 g/mol. The summed E-state index contributed by atoms with van der Waals surface area (Å²) in [4.78, 5) is 5.11. The molecule has 2 atom stereocenters. The fraction of sp³-hybridized carbons (Fsp3) is 0.132. The van der Waals surface area contributed by atoms with Crippen LogP contribution in [0.15, 0.2) is 193 Å². The molecule has 0 N–H and O–H groups in total. The molecule has 6 aromatic carbocycles. The van der Waals surface area contributed by atoms with Gasteiger partial charge in [0.15, 0.2) is 0 Å². The lowest BCUT2D eigenvalue weighted by Crippen LogP contribution is -2.29. The molecule has 55 heavy (non-hydrogen) atoms. The molecule has 6 aromatic rings. The summed E-state index contributed by atoms with van der Waals surface area (Å²) < 4.78 is 0. The second-order valence-corrected chi connectivity index (χ2v) is 16.1. The van der Waals surface area contributed by atoms with E-state index in [0.717, 1.165) is 12.8 Å². The largest absolute Gasteiger partial charge is 0.333 e. The molecule has 0 aromatic heterocycles. The minimum absolute atomic E-state index is 0.0582. The van der Waals surface area contributed by atoms with Crippen molar-refractivity contribution >= 4 is 34.4 Å². The first kappa shape index (κ1) is 32.1. The van der Waals surface area contributed by atoms with Gasteiger partial charge < -0.3 is 9.80 Å². The highest BCUT2D eigenvalue weighted by molar-refractivity contribution is 5.94. The number of allylic oxidation sites excluding steroid dienone is 6. The molecule has 0 saturated carbocycles. The lowest BCUT2D eigenvalue weighted by molar-refractivity contribution is 0.660. The Hall–Kier alpha value is -6.38. The van der Waals surface area contributed by atoms with Crippen molar-refractivity contribution in [3.05, 3.63) is 215 Å². The van der Waals surface area contributed by atoms with Gasteiger partial charge in [0.05, 0.1) is 11.7 Å². The SMILES string of the molecule is CC1(C)c2ccccc2-c2cc3c(cc21)C=CC1CC(C2=CC=C4c5ccccc5N(c5ccccc5)C4C2)=CC=C1N3c1ccc(-c2ccccc2)cc1. The first-order chi connectivity index (χ1) is 27.0. The van der Waals surface area contributed by atoms with Crippen LogP contribution in [0.3, 0.4) is 0 Å². The van der Waals surface area contributed by atoms with Gasteiger partial charge in [0, 0.05) is 39.7 Å². The van der Waals surface area contributed by atoms with Crippen LogP contribution in [0.4, 0.5) is 22.7 Å². The third-order valence-corrected chi connectivity index (χ3v) is 12.7. The van der Waals surface area contributed by atoms with Gasteiger partial charge in [-0.3, -0.25) is 0 Å². The molecule has 264 valence electrons. The van der Waals surface area contributed by atoms with Crippen LogP contribution in [0.5, 0.6) is 0 Å². The molecule has 2 aliphatic heterocycles. The van der Waals surface area contributed by atoms with Crippen LogP contribution in [0.1, 0.15) is 48.9 Å². The van der Waals surface area contributed by atoms with Crippen molar-refractivity contribution in [1.29, 1.82) is 0 Å². The summed E-state index contributed by atoms with van der Waals surface area (Å²) in [5.74, 6) is 0.230. The van der Waals surface area contributed by atoms with E-state index < -0.39 is 0 Å². The van der Waals surface area contributed by atoms with Crippen molar-refractivity contribution in [2.75, 3.05) is 9.80 Å². The Kier molecular flexibility index (Phi) is 7.19. The summed E-state index contributed by atoms with van der Waals surface area (Å²) in [6.45, 7) is 4.76. The Morgan fingerprint density at radius 2 is 1.20 bits per heavy atom. The van der Waals surface area contributed by atoms with Crippen LogP contribution >= 0.6 is 0 Å². The van der Waals surface area contributed by atoms with Crippen molar-refractivity contribution in [3.63, 3.8) is 0 Å². The quantitative estimate of drug-likeness (QED) is 0.180. The van der Waals surface area contributed by atoms with E-state index in [2.05, 4.69) is 206 Å². The van der Waals surface area contributed by atoms with Crippen LogP contribution in [0, 0.1) is 5.92 Å². The Balaban J connectivity index is 1.01. The second kappa shape index (κ2) is 12.3. The van der Waals surface area contributed by atoms with E-state index >= 15 is 0 Å². The molecule has 0 fully saturated rings. The number of rotatable bonds is 4. The van der Waals surface area contributed by atoms with Crippen molar-refractivity contribution in [2.45, 2.75) is 38.1 Å². The van der Waals surface area contributed by atoms with Gasteiger partial charge in [-0.25, -0.2) is 0 Å². The van der Waals surface area contributed by atoms with E-state index in [1.54, 1.807) is 0 Å². The molecule has 3 aliphatic carbocycles. The number of anilines is 4. The summed E-state index contributed by atoms with van der Waals surface area (Å²) in [6, 6.07) is 53.9. The Bertz CT molecular complexity index is 2670. The van der Waals surface area contributed by atoms with Crippen molar-refractivity contribution in [2.24, 2.45) is 5.92 Å². The number of hydrogen-bond acceptors (Lipinski definition) is 2. The third-order valence-electron chi connectivity index (χ3n) is 12.7. The number of nitrogens with zero attached hydrogens (tertiary/aromatic N) is 2. The van der Waals surface area contributed by atoms with Crippen LogP contribution in [-0.2, 0) is 5.41 Å². The minimum Gasteiger partial charge on any atom is -0.333 e. The predicted molar refractivity (Wildman–Crippen MR) is 231 cm³/mol. The van der Waals surface area contributed by atoms with E-state index in [1.165, 1.54) is 89.7 Å². The molecule has 2 nitrogen and oxygen atoms in total. The monoisotopic (exact) mass is 706 g/mol. The van der Waals surface area contributed by atoms with Crippen molar-refractivity contribution in [1.82, 2.24) is 0 Å². The molecule has 2 unspecified atom stereocenters. The summed E-state index contributed by atoms with van der Waals surface area (Å²) in [5.41, 5.74) is 21.1. The fourth-order valence-electron chi connectivity index (χ4n) is 9.95. The topological polar surface area (TPSA) is 6.48 Å². The first-order valence-electron chi connectivity index (χ1n) is 19.7. The molecule has 11 rings (SSSR count). The lowest BCUT2D eigenvalue weighted by Gasteiger charge is -2.35. The van der Waals surface area contributed by atoms with Gasteiger partial charge in [-0.15, -0.1) is 0 Å². The summed E-state index contributed by atoms with van der Waals surface area (Å²) in [5, 5.41) is 0. The lowest BCUT2D eigenvalue weighted by atomic mass is 9.81. The normalized spacial score (nSPS) is 19.7. The third kappa shape index (κ3) is 5.01. The Morgan fingerprint density at radius 1 is 0.527 bits per heavy atom. The zero-order valence-electron chi connectivity index (χ0n) is 31.3. The van der Waals surface area contributed by atoms with Gasteiger partial charge in [-0.2, -0.15) is 0 Å². The molecular weight excluding hydrogens is 665 g/mol. The molecule has 0 amide bonds. The number of para-hydroxylation sites is 2. The Morgan fingerprint density at radius 3 is 2.02 bits per heavy atom. The smallest absolute Gasteiger partial charge is 0.0638 e. The van der Waals surface area contributed by atoms with Gasteiger partial charge in [0.2, 0.25) is 0 Å². The highest BCUT2D eigenvalue weighted by Crippen LogP contribution is 2.54. The highest BCUT2D eigenvalue weighted by atomic mass is 15.2. The molecule has 2 heterocycles. The number of benzene rings is 6. The number of hydrogen-bond donors (Lipinski definition) is 0. The van der Waals surface area contributed by atoms with Crippen molar-refractivity contribution in [3.8, 4) is 22.3 Å². The molecule has 5 aliphatic rings. The van der Waals surface area contributed by atoms with Gasteiger partial charge in [-0.1, -0.05) is 147 Å². The van der Waals surface area contributed by atoms with Gasteiger partial charge >= 0.3 is 0 Å². The standard InChI is InChI=1S/C53H42N2/c1-53(2)47-19-11-9-17-43(47)46-34-51-40(32-48(46)53)22-21-39-31-37(26-30-49(39)54(51)42-27-23-36(24-28-42)35-13-5-3-6-14-35)38-25-29-45-44-18-10-12-20-50(44)55(52(45)33-38)41-15-7-4-8-16-41/h3-30,32,34,39,52H,31,33H2,1-2H3. The van der Waals surface area contributed by atoms with Gasteiger partial charge in [-0.05, 0) is 117 Å². The van der Waals surface area contributed by atoms with E-state index in [9.17, 15) is 0 Å². The maximum absolute atomic E-state index is 2.56. The van der Waals surface area contributed by atoms with Crippen LogP contribution in [0.25, 0.3) is 33.9 Å². The van der Waals surface area contributed by atoms with E-state index in [-0.39, 0.29) is 17.4 Å². The van der Waals surface area contributed by atoms with E-state index in [1.807, 2.05) is 0 Å². The Labute approximate surface area is 324 Å². The molecule has 0 spiro atoms. The molecule has 2 heteroatoms. The maximum Gasteiger partial charge on any atom is 0.0638 e. The zero-order valence-corrected chi connectivity index (χ0v) is 31.3. The van der Waals surface area contributed by atoms with E-state index in [0.29, 0.717) is 0 Å². The summed E-state index contributed by atoms with van der Waals surface area (Å²) >= 11 is 0. The van der Waals surface area contributed by atoms with Gasteiger partial charge in [0.25, 0.3) is 0 Å². The zero-order chi connectivity index (χ0) is 36.7. The molecule has 0 radical (unpaired) electrons. The fourth-order valence-corrected chi connectivity index (χ4v) is 9.95. The van der Waals surface area contributed by atoms with Crippen molar-refractivity contribution < 1.29 is 0 Å². The molecular formula is C53H42N2. The highest BCUT2D eigenvalue weighted by Gasteiger charge is 2.39. The van der Waals surface area contributed by atoms with Crippen LogP contribution < -0.4 is 9.80 Å². The number of fused-ring (bicyclic) bond motifs is 8. The first-order valence-corrected chi connectivity index (χ1v) is 19.7. The molecule has 0 saturated heterocycles. The van der Waals surface area contributed by atoms with Crippen LogP contribution in [-0.4, -0.2) is 6.04 Å². The maximum atomic E-state index is 2.56. The van der Waals surface area contributed by atoms with E-state index in [4.69, 9.17) is 0 Å². The van der Waals surface area contributed by atoms with Crippen LogP contribution in [0.2, 0.25) is 0 Å². The minimum atomic E-state index is -0.0582. The predicted octanol–water partition coefficient (Wildman–Crippen LogP) is 13.6. The second-order valence-electron chi connectivity index (χ2n) is 16.1. The molecule has 0 bridgehead atoms. The van der Waals surface area contributed by atoms with Gasteiger partial charge in [0.1, 0.15) is 0 Å². The average Bonchev–Trinajstić information content (AvgIpc) is 3.61.